The summed E-state index contributed by atoms with van der Waals surface area (Å²) in [5.74, 6) is 0. The monoisotopic (exact) mass is 356 g/mol. The second-order valence-corrected chi connectivity index (χ2v) is 6.85. The molecule has 0 radical (unpaired) electrons. The van der Waals surface area contributed by atoms with E-state index in [0.717, 1.165) is 24.2 Å². The summed E-state index contributed by atoms with van der Waals surface area (Å²) in [5.41, 5.74) is 7.91. The Morgan fingerprint density at radius 2 is 1.37 bits per heavy atom. The fraction of sp³-hybridized carbons (Fsp3) is 0.167. The predicted molar refractivity (Wildman–Crippen MR) is 110 cm³/mol. The summed E-state index contributed by atoms with van der Waals surface area (Å²) in [5, 5.41) is 3.64. The lowest BCUT2D eigenvalue weighted by Crippen LogP contribution is -2.36. The molecule has 2 N–H and O–H groups in total. The van der Waals surface area contributed by atoms with Crippen LogP contribution in [0.2, 0.25) is 0 Å². The van der Waals surface area contributed by atoms with E-state index in [1.54, 1.807) is 0 Å². The smallest absolute Gasteiger partial charge is 0.126 e. The summed E-state index contributed by atoms with van der Waals surface area (Å²) in [6, 6.07) is 31.4. The van der Waals surface area contributed by atoms with Crippen LogP contribution in [0.15, 0.2) is 103 Å². The summed E-state index contributed by atoms with van der Waals surface area (Å²) in [6.45, 7) is 0. The maximum atomic E-state index is 5.94. The Balaban J connectivity index is 1.51. The van der Waals surface area contributed by atoms with Crippen molar-refractivity contribution in [2.75, 3.05) is 5.32 Å². The largest absolute Gasteiger partial charge is 0.379 e. The van der Waals surface area contributed by atoms with Gasteiger partial charge in [0.15, 0.2) is 0 Å². The molecular weight excluding hydrogens is 332 g/mol. The standard InChI is InChI=1S/C24H24N2O/c1-4-10-19(11-5-1)16-22-18-24(27-26-22)23(17-20-12-6-2-7-13-20)25-21-14-8-3-9-15-21/h1-15,18,23-26H,16-17H2. The van der Waals surface area contributed by atoms with Crippen molar-refractivity contribution >= 4 is 5.69 Å². The van der Waals surface area contributed by atoms with E-state index in [1.165, 1.54) is 11.1 Å². The SMILES string of the molecule is C1=C(Cc2ccccc2)NOC1C(Cc1ccccc1)Nc1ccccc1. The molecule has 136 valence electrons. The van der Waals surface area contributed by atoms with Gasteiger partial charge in [0.2, 0.25) is 0 Å². The molecule has 0 spiro atoms. The summed E-state index contributed by atoms with van der Waals surface area (Å²) in [6.07, 6.45) is 3.90. The van der Waals surface area contributed by atoms with Crippen LogP contribution in [0.5, 0.6) is 0 Å². The van der Waals surface area contributed by atoms with Crippen molar-refractivity contribution in [2.45, 2.75) is 25.0 Å². The summed E-state index contributed by atoms with van der Waals surface area (Å²) in [7, 11) is 0. The van der Waals surface area contributed by atoms with Crippen LogP contribution in [0.4, 0.5) is 5.69 Å². The van der Waals surface area contributed by atoms with Gasteiger partial charge in [0.1, 0.15) is 6.10 Å². The molecule has 3 aromatic rings. The van der Waals surface area contributed by atoms with Crippen molar-refractivity contribution < 1.29 is 4.84 Å². The Hall–Kier alpha value is -3.04. The number of allylic oxidation sites excluding steroid dienone is 1. The normalized spacial score (nSPS) is 17.0. The van der Waals surface area contributed by atoms with Gasteiger partial charge in [-0.1, -0.05) is 78.9 Å². The van der Waals surface area contributed by atoms with E-state index in [4.69, 9.17) is 4.84 Å². The minimum Gasteiger partial charge on any atom is -0.379 e. The highest BCUT2D eigenvalue weighted by Gasteiger charge is 2.26. The molecule has 2 atom stereocenters. The zero-order chi connectivity index (χ0) is 18.3. The third-order valence-electron chi connectivity index (χ3n) is 4.75. The summed E-state index contributed by atoms with van der Waals surface area (Å²) in [4.78, 5) is 5.94. The van der Waals surface area contributed by atoms with Crippen molar-refractivity contribution in [2.24, 2.45) is 0 Å². The highest BCUT2D eigenvalue weighted by Crippen LogP contribution is 2.21. The zero-order valence-corrected chi connectivity index (χ0v) is 15.2. The molecule has 4 rings (SSSR count). The van der Waals surface area contributed by atoms with Gasteiger partial charge in [-0.3, -0.25) is 10.3 Å². The number of rotatable bonds is 7. The first-order valence-electron chi connectivity index (χ1n) is 9.38. The zero-order valence-electron chi connectivity index (χ0n) is 15.2. The molecule has 2 unspecified atom stereocenters. The van der Waals surface area contributed by atoms with Crippen LogP contribution in [0, 0.1) is 0 Å². The topological polar surface area (TPSA) is 33.3 Å². The van der Waals surface area contributed by atoms with E-state index in [1.807, 2.05) is 24.3 Å². The van der Waals surface area contributed by atoms with Crippen molar-refractivity contribution in [3.8, 4) is 0 Å². The van der Waals surface area contributed by atoms with E-state index in [2.05, 4.69) is 83.6 Å². The van der Waals surface area contributed by atoms with E-state index >= 15 is 0 Å². The molecular formula is C24H24N2O. The van der Waals surface area contributed by atoms with Crippen LogP contribution in [0.25, 0.3) is 0 Å². The van der Waals surface area contributed by atoms with Crippen molar-refractivity contribution in [1.82, 2.24) is 5.48 Å². The number of para-hydroxylation sites is 1. The average molecular weight is 356 g/mol. The van der Waals surface area contributed by atoms with Crippen LogP contribution in [-0.2, 0) is 17.7 Å². The van der Waals surface area contributed by atoms with Gasteiger partial charge in [0.05, 0.1) is 6.04 Å². The Labute approximate surface area is 160 Å². The first-order valence-corrected chi connectivity index (χ1v) is 9.38. The number of hydroxylamine groups is 1. The third-order valence-corrected chi connectivity index (χ3v) is 4.75. The molecule has 0 amide bonds. The molecule has 0 saturated heterocycles. The quantitative estimate of drug-likeness (QED) is 0.641. The minimum absolute atomic E-state index is 0.0378. The fourth-order valence-corrected chi connectivity index (χ4v) is 3.38. The Bertz CT molecular complexity index is 821. The molecule has 0 saturated carbocycles. The number of hydrogen-bond acceptors (Lipinski definition) is 3. The second kappa shape index (κ2) is 8.56. The van der Waals surface area contributed by atoms with Crippen LogP contribution in [-0.4, -0.2) is 12.1 Å². The highest BCUT2D eigenvalue weighted by atomic mass is 16.7. The fourth-order valence-electron chi connectivity index (χ4n) is 3.38. The van der Waals surface area contributed by atoms with Crippen LogP contribution in [0.3, 0.4) is 0 Å². The lowest BCUT2D eigenvalue weighted by Gasteiger charge is -2.24. The molecule has 0 aromatic heterocycles. The third kappa shape index (κ3) is 4.78. The maximum Gasteiger partial charge on any atom is 0.126 e. The van der Waals surface area contributed by atoms with Crippen molar-refractivity contribution in [3.63, 3.8) is 0 Å². The first-order chi connectivity index (χ1) is 13.4. The van der Waals surface area contributed by atoms with Crippen molar-refractivity contribution in [3.05, 3.63) is 114 Å². The van der Waals surface area contributed by atoms with Crippen LogP contribution < -0.4 is 10.8 Å². The number of nitrogens with one attached hydrogen (secondary N) is 2. The van der Waals surface area contributed by atoms with E-state index < -0.39 is 0 Å². The molecule has 0 bridgehead atoms. The Kier molecular flexibility index (Phi) is 5.51. The Morgan fingerprint density at radius 3 is 2.04 bits per heavy atom. The van der Waals surface area contributed by atoms with Gasteiger partial charge < -0.3 is 5.32 Å². The van der Waals surface area contributed by atoms with E-state index in [0.29, 0.717) is 0 Å². The van der Waals surface area contributed by atoms with Gasteiger partial charge in [0.25, 0.3) is 0 Å². The number of hydrogen-bond donors (Lipinski definition) is 2. The van der Waals surface area contributed by atoms with Crippen LogP contribution >= 0.6 is 0 Å². The second-order valence-electron chi connectivity index (χ2n) is 6.85. The minimum atomic E-state index is -0.0378. The molecule has 3 nitrogen and oxygen atoms in total. The van der Waals surface area contributed by atoms with Gasteiger partial charge >= 0.3 is 0 Å². The van der Waals surface area contributed by atoms with E-state index in [9.17, 15) is 0 Å². The first kappa shape index (κ1) is 17.4. The molecule has 1 aliphatic heterocycles. The lowest BCUT2D eigenvalue weighted by molar-refractivity contribution is 0.0315. The summed E-state index contributed by atoms with van der Waals surface area (Å²) < 4.78 is 0. The van der Waals surface area contributed by atoms with E-state index in [-0.39, 0.29) is 12.1 Å². The molecule has 0 fully saturated rings. The predicted octanol–water partition coefficient (Wildman–Crippen LogP) is 4.74. The molecule has 0 aliphatic carbocycles. The molecule has 27 heavy (non-hydrogen) atoms. The van der Waals surface area contributed by atoms with Crippen molar-refractivity contribution in [1.29, 1.82) is 0 Å². The number of benzene rings is 3. The van der Waals surface area contributed by atoms with Gasteiger partial charge in [-0.05, 0) is 35.8 Å². The van der Waals surface area contributed by atoms with Gasteiger partial charge in [-0.15, -0.1) is 0 Å². The maximum absolute atomic E-state index is 5.94. The van der Waals surface area contributed by atoms with Crippen LogP contribution in [0.1, 0.15) is 11.1 Å². The summed E-state index contributed by atoms with van der Waals surface area (Å²) >= 11 is 0. The number of anilines is 1. The molecule has 3 heteroatoms. The highest BCUT2D eigenvalue weighted by molar-refractivity contribution is 5.44. The van der Waals surface area contributed by atoms with Gasteiger partial charge in [0, 0.05) is 17.8 Å². The molecule has 1 heterocycles. The van der Waals surface area contributed by atoms with Gasteiger partial charge in [-0.25, -0.2) is 0 Å². The lowest BCUT2D eigenvalue weighted by atomic mass is 9.99. The average Bonchev–Trinajstić information content (AvgIpc) is 3.18. The Morgan fingerprint density at radius 1 is 0.778 bits per heavy atom. The van der Waals surface area contributed by atoms with Gasteiger partial charge in [-0.2, -0.15) is 0 Å². The molecule has 3 aromatic carbocycles. The molecule has 1 aliphatic rings.